The third-order valence-electron chi connectivity index (χ3n) is 3.29. The first-order valence-electron chi connectivity index (χ1n) is 7.64. The molecule has 1 aromatic carbocycles. The van der Waals surface area contributed by atoms with Gasteiger partial charge in [-0.3, -0.25) is 5.32 Å². The van der Waals surface area contributed by atoms with Crippen molar-refractivity contribution in [3.63, 3.8) is 0 Å². The van der Waals surface area contributed by atoms with Crippen LogP contribution in [0.15, 0.2) is 30.6 Å². The molecule has 0 radical (unpaired) electrons. The van der Waals surface area contributed by atoms with Crippen LogP contribution in [-0.4, -0.2) is 26.5 Å². The molecule has 0 saturated carbocycles. The Morgan fingerprint density at radius 1 is 1.27 bits per heavy atom. The van der Waals surface area contributed by atoms with E-state index in [0.29, 0.717) is 15.7 Å². The zero-order valence-corrected chi connectivity index (χ0v) is 15.7. The number of amides is 1. The van der Waals surface area contributed by atoms with E-state index in [0.717, 1.165) is 6.20 Å². The SMILES string of the molecule is CC(C)(C)OC(=O)Nc1ncc(F)c2nn(-c3c(Cl)cccc3Cl)cc12. The van der Waals surface area contributed by atoms with Crippen molar-refractivity contribution in [3.8, 4) is 5.69 Å². The van der Waals surface area contributed by atoms with Crippen LogP contribution in [-0.2, 0) is 4.74 Å². The first-order chi connectivity index (χ1) is 12.2. The van der Waals surface area contributed by atoms with Gasteiger partial charge in [-0.2, -0.15) is 5.10 Å². The second kappa shape index (κ2) is 6.74. The van der Waals surface area contributed by atoms with E-state index < -0.39 is 17.5 Å². The molecular formula is C17H15Cl2FN4O2. The number of anilines is 1. The van der Waals surface area contributed by atoms with E-state index in [-0.39, 0.29) is 16.7 Å². The number of aromatic nitrogens is 3. The number of nitrogens with one attached hydrogen (secondary N) is 1. The lowest BCUT2D eigenvalue weighted by atomic mass is 10.2. The number of pyridine rings is 1. The maximum atomic E-state index is 14.2. The normalized spacial score (nSPS) is 11.6. The molecule has 9 heteroatoms. The largest absolute Gasteiger partial charge is 0.444 e. The molecule has 0 aliphatic heterocycles. The van der Waals surface area contributed by atoms with Gasteiger partial charge in [-0.15, -0.1) is 0 Å². The van der Waals surface area contributed by atoms with Crippen molar-refractivity contribution in [2.24, 2.45) is 0 Å². The van der Waals surface area contributed by atoms with E-state index in [9.17, 15) is 9.18 Å². The molecular weight excluding hydrogens is 382 g/mol. The third-order valence-corrected chi connectivity index (χ3v) is 3.90. The minimum absolute atomic E-state index is 0.0158. The van der Waals surface area contributed by atoms with Gasteiger partial charge in [-0.25, -0.2) is 18.9 Å². The highest BCUT2D eigenvalue weighted by atomic mass is 35.5. The molecule has 1 N–H and O–H groups in total. The molecule has 26 heavy (non-hydrogen) atoms. The lowest BCUT2D eigenvalue weighted by Gasteiger charge is -2.19. The number of nitrogens with zero attached hydrogens (tertiary/aromatic N) is 3. The summed E-state index contributed by atoms with van der Waals surface area (Å²) in [4.78, 5) is 15.9. The van der Waals surface area contributed by atoms with Gasteiger partial charge in [0.2, 0.25) is 0 Å². The molecule has 1 amide bonds. The van der Waals surface area contributed by atoms with Crippen molar-refractivity contribution in [2.75, 3.05) is 5.32 Å². The van der Waals surface area contributed by atoms with Crippen molar-refractivity contribution >= 4 is 46.0 Å². The molecule has 2 heterocycles. The van der Waals surface area contributed by atoms with Crippen molar-refractivity contribution in [2.45, 2.75) is 26.4 Å². The standard InChI is InChI=1S/C17H15Cl2FN4O2/c1-17(2,3)26-16(25)22-15-9-8-24(23-13(9)12(20)7-21-15)14-10(18)5-4-6-11(14)19/h4-8H,1-3H3,(H,21,22,25). The van der Waals surface area contributed by atoms with Gasteiger partial charge in [0.1, 0.15) is 22.6 Å². The van der Waals surface area contributed by atoms with Crippen LogP contribution in [0.3, 0.4) is 0 Å². The van der Waals surface area contributed by atoms with Crippen molar-refractivity contribution in [1.82, 2.24) is 14.8 Å². The Kier molecular flexibility index (Phi) is 4.77. The molecule has 0 atom stereocenters. The van der Waals surface area contributed by atoms with Gasteiger partial charge in [0, 0.05) is 6.20 Å². The number of benzene rings is 1. The van der Waals surface area contributed by atoms with E-state index >= 15 is 0 Å². The maximum absolute atomic E-state index is 14.2. The van der Waals surface area contributed by atoms with Gasteiger partial charge in [0.15, 0.2) is 5.82 Å². The molecule has 136 valence electrons. The van der Waals surface area contributed by atoms with Gasteiger partial charge in [0.05, 0.1) is 21.6 Å². The van der Waals surface area contributed by atoms with Crippen LogP contribution in [0.1, 0.15) is 20.8 Å². The maximum Gasteiger partial charge on any atom is 0.413 e. The van der Waals surface area contributed by atoms with E-state index in [1.165, 1.54) is 10.9 Å². The molecule has 2 aromatic heterocycles. The van der Waals surface area contributed by atoms with Crippen molar-refractivity contribution in [1.29, 1.82) is 0 Å². The summed E-state index contributed by atoms with van der Waals surface area (Å²) in [5.74, 6) is -0.526. The number of rotatable bonds is 2. The Hall–Kier alpha value is -2.38. The average molecular weight is 397 g/mol. The summed E-state index contributed by atoms with van der Waals surface area (Å²) in [7, 11) is 0. The Balaban J connectivity index is 2.07. The highest BCUT2D eigenvalue weighted by Gasteiger charge is 2.20. The van der Waals surface area contributed by atoms with Crippen molar-refractivity contribution < 1.29 is 13.9 Å². The second-order valence-electron chi connectivity index (χ2n) is 6.49. The first kappa shape index (κ1) is 18.4. The van der Waals surface area contributed by atoms with Gasteiger partial charge in [-0.1, -0.05) is 29.3 Å². The number of carbonyl (C=O) groups excluding carboxylic acids is 1. The van der Waals surface area contributed by atoms with Crippen LogP contribution in [0.25, 0.3) is 16.6 Å². The van der Waals surface area contributed by atoms with Gasteiger partial charge < -0.3 is 4.74 Å². The molecule has 0 spiro atoms. The number of halogens is 3. The zero-order chi connectivity index (χ0) is 19.1. The summed E-state index contributed by atoms with van der Waals surface area (Å²) in [6.07, 6.45) is 1.76. The molecule has 0 aliphatic rings. The highest BCUT2D eigenvalue weighted by molar-refractivity contribution is 6.37. The molecule has 0 saturated heterocycles. The predicted molar refractivity (Wildman–Crippen MR) is 98.7 cm³/mol. The number of fused-ring (bicyclic) bond motifs is 1. The summed E-state index contributed by atoms with van der Waals surface area (Å²) in [5.41, 5.74) is -0.268. The van der Waals surface area contributed by atoms with E-state index in [2.05, 4.69) is 15.4 Å². The minimum atomic E-state index is -0.707. The van der Waals surface area contributed by atoms with Gasteiger partial charge in [0.25, 0.3) is 0 Å². The average Bonchev–Trinajstić information content (AvgIpc) is 2.94. The predicted octanol–water partition coefficient (Wildman–Crippen LogP) is 5.21. The Morgan fingerprint density at radius 2 is 1.92 bits per heavy atom. The number of hydrogen-bond acceptors (Lipinski definition) is 4. The lowest BCUT2D eigenvalue weighted by Crippen LogP contribution is -2.27. The van der Waals surface area contributed by atoms with Gasteiger partial charge in [-0.05, 0) is 32.9 Å². The number of ether oxygens (including phenoxy) is 1. The molecule has 0 unspecified atom stereocenters. The summed E-state index contributed by atoms with van der Waals surface area (Å²) in [6, 6.07) is 4.97. The van der Waals surface area contributed by atoms with E-state index in [1.54, 1.807) is 39.0 Å². The summed E-state index contributed by atoms with van der Waals surface area (Å²) < 4.78 is 20.7. The zero-order valence-electron chi connectivity index (χ0n) is 14.2. The monoisotopic (exact) mass is 396 g/mol. The van der Waals surface area contributed by atoms with Crippen LogP contribution in [0.5, 0.6) is 0 Å². The quantitative estimate of drug-likeness (QED) is 0.644. The molecule has 6 nitrogen and oxygen atoms in total. The first-order valence-corrected chi connectivity index (χ1v) is 8.39. The fourth-order valence-corrected chi connectivity index (χ4v) is 2.87. The lowest BCUT2D eigenvalue weighted by molar-refractivity contribution is 0.0635. The molecule has 3 aromatic rings. The number of para-hydroxylation sites is 1. The Labute approximate surface area is 158 Å². The summed E-state index contributed by atoms with van der Waals surface area (Å²) >= 11 is 12.4. The smallest absolute Gasteiger partial charge is 0.413 e. The fraction of sp³-hybridized carbons (Fsp3) is 0.235. The molecule has 3 rings (SSSR count). The Bertz CT molecular complexity index is 978. The highest BCUT2D eigenvalue weighted by Crippen LogP contribution is 2.31. The molecule has 0 aliphatic carbocycles. The van der Waals surface area contributed by atoms with Crippen LogP contribution in [0.2, 0.25) is 10.0 Å². The van der Waals surface area contributed by atoms with Crippen LogP contribution < -0.4 is 5.32 Å². The molecule has 0 bridgehead atoms. The van der Waals surface area contributed by atoms with Gasteiger partial charge >= 0.3 is 6.09 Å². The van der Waals surface area contributed by atoms with E-state index in [1.807, 2.05) is 0 Å². The topological polar surface area (TPSA) is 69.0 Å². The van der Waals surface area contributed by atoms with Crippen LogP contribution in [0.4, 0.5) is 15.0 Å². The van der Waals surface area contributed by atoms with Crippen molar-refractivity contribution in [3.05, 3.63) is 46.5 Å². The number of hydrogen-bond donors (Lipinski definition) is 1. The minimum Gasteiger partial charge on any atom is -0.444 e. The second-order valence-corrected chi connectivity index (χ2v) is 7.30. The summed E-state index contributed by atoms with van der Waals surface area (Å²) in [6.45, 7) is 5.20. The van der Waals surface area contributed by atoms with Crippen LogP contribution >= 0.6 is 23.2 Å². The Morgan fingerprint density at radius 3 is 2.54 bits per heavy atom. The molecule has 0 fully saturated rings. The fourth-order valence-electron chi connectivity index (χ4n) is 2.30. The summed E-state index contributed by atoms with van der Waals surface area (Å²) in [5, 5.41) is 7.67. The number of carbonyl (C=O) groups is 1. The van der Waals surface area contributed by atoms with E-state index in [4.69, 9.17) is 27.9 Å². The van der Waals surface area contributed by atoms with Crippen LogP contribution in [0, 0.1) is 5.82 Å². The third kappa shape index (κ3) is 3.73.